The van der Waals surface area contributed by atoms with E-state index in [1.54, 1.807) is 0 Å². The molecule has 1 fully saturated rings. The molecule has 2 N–H and O–H groups in total. The highest BCUT2D eigenvalue weighted by molar-refractivity contribution is 4.80. The van der Waals surface area contributed by atoms with E-state index in [1.807, 2.05) is 0 Å². The maximum Gasteiger partial charge on any atom is 0.0125 e. The van der Waals surface area contributed by atoms with Gasteiger partial charge in [0.25, 0.3) is 0 Å². The molecule has 0 radical (unpaired) electrons. The van der Waals surface area contributed by atoms with Gasteiger partial charge >= 0.3 is 0 Å². The quantitative estimate of drug-likeness (QED) is 0.636. The predicted molar refractivity (Wildman–Crippen MR) is 67.9 cm³/mol. The first-order chi connectivity index (χ1) is 6.91. The van der Waals surface area contributed by atoms with Gasteiger partial charge in [0.1, 0.15) is 0 Å². The second-order valence-electron chi connectivity index (χ2n) is 6.59. The smallest absolute Gasteiger partial charge is 0.0125 e. The molecule has 1 aliphatic carbocycles. The summed E-state index contributed by atoms with van der Waals surface area (Å²) in [6, 6.07) is 0. The monoisotopic (exact) mass is 211 g/mol. The molecule has 0 saturated heterocycles. The van der Waals surface area contributed by atoms with Crippen LogP contribution in [0.25, 0.3) is 0 Å². The number of hydrogen-bond donors (Lipinski definition) is 1. The summed E-state index contributed by atoms with van der Waals surface area (Å²) in [5.41, 5.74) is 6.95. The molecule has 0 aromatic rings. The maximum atomic E-state index is 6.31. The molecule has 0 aliphatic heterocycles. The van der Waals surface area contributed by atoms with Crippen LogP contribution in [0.3, 0.4) is 0 Å². The molecule has 1 atom stereocenters. The summed E-state index contributed by atoms with van der Waals surface area (Å²) in [6.45, 7) is 7.06. The van der Waals surface area contributed by atoms with E-state index >= 15 is 0 Å². The Kier molecular flexibility index (Phi) is 4.64. The molecule has 0 heterocycles. The zero-order chi connectivity index (χ0) is 11.4. The van der Waals surface area contributed by atoms with Crippen LogP contribution in [0.5, 0.6) is 0 Å². The molecule has 90 valence electrons. The van der Waals surface area contributed by atoms with Gasteiger partial charge in [0.05, 0.1) is 0 Å². The third-order valence-corrected chi connectivity index (χ3v) is 3.95. The van der Waals surface area contributed by atoms with Gasteiger partial charge < -0.3 is 5.73 Å². The average molecular weight is 211 g/mol. The fraction of sp³-hybridized carbons (Fsp3) is 1.00. The second kappa shape index (κ2) is 5.34. The van der Waals surface area contributed by atoms with Gasteiger partial charge in [-0.1, -0.05) is 46.0 Å². The van der Waals surface area contributed by atoms with Crippen molar-refractivity contribution in [2.75, 3.05) is 0 Å². The second-order valence-corrected chi connectivity index (χ2v) is 6.59. The fourth-order valence-electron chi connectivity index (χ4n) is 2.71. The van der Waals surface area contributed by atoms with Crippen LogP contribution < -0.4 is 5.73 Å². The van der Waals surface area contributed by atoms with Crippen LogP contribution in [0.15, 0.2) is 0 Å². The first-order valence-electron chi connectivity index (χ1n) is 6.70. The zero-order valence-electron chi connectivity index (χ0n) is 10.9. The summed E-state index contributed by atoms with van der Waals surface area (Å²) >= 11 is 0. The lowest BCUT2D eigenvalue weighted by Gasteiger charge is -2.27. The SMILES string of the molecule is CC1(C)CCCCCCC(C)(N)CCC1. The third-order valence-electron chi connectivity index (χ3n) is 3.95. The van der Waals surface area contributed by atoms with Crippen molar-refractivity contribution in [3.63, 3.8) is 0 Å². The highest BCUT2D eigenvalue weighted by Crippen LogP contribution is 2.32. The van der Waals surface area contributed by atoms with Gasteiger partial charge in [-0.05, 0) is 38.0 Å². The van der Waals surface area contributed by atoms with Gasteiger partial charge in [-0.15, -0.1) is 0 Å². The average Bonchev–Trinajstić information content (AvgIpc) is 2.11. The van der Waals surface area contributed by atoms with E-state index < -0.39 is 0 Å². The lowest BCUT2D eigenvalue weighted by molar-refractivity contribution is 0.274. The number of hydrogen-bond acceptors (Lipinski definition) is 1. The van der Waals surface area contributed by atoms with Crippen LogP contribution in [0.1, 0.15) is 78.6 Å². The summed E-state index contributed by atoms with van der Waals surface area (Å²) in [5, 5.41) is 0. The normalized spacial score (nSPS) is 34.4. The molecule has 1 unspecified atom stereocenters. The Morgan fingerprint density at radius 1 is 0.667 bits per heavy atom. The van der Waals surface area contributed by atoms with Crippen LogP contribution in [0.4, 0.5) is 0 Å². The molecular formula is C14H29N. The zero-order valence-corrected chi connectivity index (χ0v) is 10.9. The maximum absolute atomic E-state index is 6.31. The Bertz CT molecular complexity index is 162. The van der Waals surface area contributed by atoms with Crippen molar-refractivity contribution in [1.29, 1.82) is 0 Å². The molecule has 1 aliphatic rings. The topological polar surface area (TPSA) is 26.0 Å². The molecule has 1 rings (SSSR count). The summed E-state index contributed by atoms with van der Waals surface area (Å²) < 4.78 is 0. The minimum absolute atomic E-state index is 0.0976. The minimum atomic E-state index is 0.0976. The fourth-order valence-corrected chi connectivity index (χ4v) is 2.71. The van der Waals surface area contributed by atoms with Crippen molar-refractivity contribution < 1.29 is 0 Å². The molecule has 1 nitrogen and oxygen atoms in total. The standard InChI is InChI=1S/C14H29N/c1-13(2)9-6-4-5-7-11-14(3,15)12-8-10-13/h4-12,15H2,1-3H3. The molecule has 0 bridgehead atoms. The van der Waals surface area contributed by atoms with Gasteiger partial charge in [0.15, 0.2) is 0 Å². The van der Waals surface area contributed by atoms with Crippen LogP contribution in [0.2, 0.25) is 0 Å². The van der Waals surface area contributed by atoms with Crippen molar-refractivity contribution in [3.8, 4) is 0 Å². The van der Waals surface area contributed by atoms with Crippen molar-refractivity contribution >= 4 is 0 Å². The summed E-state index contributed by atoms with van der Waals surface area (Å²) in [5.74, 6) is 0. The minimum Gasteiger partial charge on any atom is -0.325 e. The summed E-state index contributed by atoms with van der Waals surface area (Å²) in [6.07, 6.45) is 12.0. The van der Waals surface area contributed by atoms with E-state index in [1.165, 1.54) is 57.8 Å². The molecular weight excluding hydrogens is 182 g/mol. The highest BCUT2D eigenvalue weighted by atomic mass is 14.7. The van der Waals surface area contributed by atoms with Crippen molar-refractivity contribution in [2.24, 2.45) is 11.1 Å². The van der Waals surface area contributed by atoms with Crippen LogP contribution >= 0.6 is 0 Å². The predicted octanol–water partition coefficient (Wildman–Crippen LogP) is 4.25. The van der Waals surface area contributed by atoms with E-state index in [0.29, 0.717) is 5.41 Å². The van der Waals surface area contributed by atoms with E-state index in [0.717, 1.165) is 0 Å². The van der Waals surface area contributed by atoms with Crippen molar-refractivity contribution in [2.45, 2.75) is 84.1 Å². The Labute approximate surface area is 95.8 Å². The number of rotatable bonds is 0. The lowest BCUT2D eigenvalue weighted by Crippen LogP contribution is -2.36. The van der Waals surface area contributed by atoms with E-state index in [4.69, 9.17) is 5.73 Å². The Morgan fingerprint density at radius 2 is 1.13 bits per heavy atom. The first kappa shape index (κ1) is 13.0. The first-order valence-corrected chi connectivity index (χ1v) is 6.70. The van der Waals surface area contributed by atoms with Gasteiger partial charge in [0, 0.05) is 5.54 Å². The Morgan fingerprint density at radius 3 is 1.80 bits per heavy atom. The Hall–Kier alpha value is -0.0400. The summed E-state index contributed by atoms with van der Waals surface area (Å²) in [4.78, 5) is 0. The molecule has 15 heavy (non-hydrogen) atoms. The van der Waals surface area contributed by atoms with Crippen LogP contribution in [0, 0.1) is 5.41 Å². The molecule has 0 spiro atoms. The molecule has 1 saturated carbocycles. The molecule has 1 heteroatoms. The van der Waals surface area contributed by atoms with Gasteiger partial charge in [-0.2, -0.15) is 0 Å². The third kappa shape index (κ3) is 5.55. The van der Waals surface area contributed by atoms with E-state index in [-0.39, 0.29) is 5.54 Å². The lowest BCUT2D eigenvalue weighted by atomic mass is 9.81. The van der Waals surface area contributed by atoms with Crippen LogP contribution in [-0.4, -0.2) is 5.54 Å². The van der Waals surface area contributed by atoms with Gasteiger partial charge in [-0.25, -0.2) is 0 Å². The summed E-state index contributed by atoms with van der Waals surface area (Å²) in [7, 11) is 0. The number of nitrogens with two attached hydrogens (primary N) is 1. The molecule has 0 aromatic carbocycles. The van der Waals surface area contributed by atoms with Gasteiger partial charge in [0.2, 0.25) is 0 Å². The van der Waals surface area contributed by atoms with Crippen molar-refractivity contribution in [3.05, 3.63) is 0 Å². The van der Waals surface area contributed by atoms with E-state index in [2.05, 4.69) is 20.8 Å². The Balaban J connectivity index is 2.47. The van der Waals surface area contributed by atoms with Crippen molar-refractivity contribution in [1.82, 2.24) is 0 Å². The van der Waals surface area contributed by atoms with Gasteiger partial charge in [-0.3, -0.25) is 0 Å². The van der Waals surface area contributed by atoms with E-state index in [9.17, 15) is 0 Å². The highest BCUT2D eigenvalue weighted by Gasteiger charge is 2.22. The van der Waals surface area contributed by atoms with Crippen LogP contribution in [-0.2, 0) is 0 Å². The molecule has 0 amide bonds. The largest absolute Gasteiger partial charge is 0.325 e. The molecule has 0 aromatic heterocycles.